The molecule has 5 nitrogen and oxygen atoms in total. The number of nitrogens with zero attached hydrogens (tertiary/aromatic N) is 1. The van der Waals surface area contributed by atoms with Crippen LogP contribution >= 0.6 is 15.9 Å². The molecule has 0 aliphatic rings. The number of nitrogens with one attached hydrogen (secondary N) is 2. The van der Waals surface area contributed by atoms with Gasteiger partial charge in [0.05, 0.1) is 19.0 Å². The molecule has 2 aromatic rings. The van der Waals surface area contributed by atoms with E-state index < -0.39 is 0 Å². The summed E-state index contributed by atoms with van der Waals surface area (Å²) in [6.45, 7) is 0.705. The summed E-state index contributed by atoms with van der Waals surface area (Å²) in [6, 6.07) is 7.90. The first kappa shape index (κ1) is 13.6. The molecule has 0 bridgehead atoms. The molecule has 19 heavy (non-hydrogen) atoms. The molecule has 0 aliphatic carbocycles. The Bertz CT molecular complexity index is 613. The van der Waals surface area contributed by atoms with Crippen molar-refractivity contribution in [2.75, 3.05) is 19.0 Å². The molecule has 0 spiro atoms. The lowest BCUT2D eigenvalue weighted by atomic mass is 10.1. The van der Waals surface area contributed by atoms with Gasteiger partial charge in [0.2, 0.25) is 0 Å². The molecule has 0 amide bonds. The Kier molecular flexibility index (Phi) is 4.57. The van der Waals surface area contributed by atoms with Gasteiger partial charge in [0.25, 0.3) is 5.56 Å². The van der Waals surface area contributed by atoms with E-state index in [-0.39, 0.29) is 5.56 Å². The summed E-state index contributed by atoms with van der Waals surface area (Å²) in [6.07, 6.45) is 2.41. The van der Waals surface area contributed by atoms with E-state index in [4.69, 9.17) is 4.74 Å². The maximum absolute atomic E-state index is 11.3. The van der Waals surface area contributed by atoms with Crippen LogP contribution in [0.5, 0.6) is 5.75 Å². The van der Waals surface area contributed by atoms with Crippen LogP contribution in [0.15, 0.2) is 39.7 Å². The number of halogens is 1. The van der Waals surface area contributed by atoms with Crippen LogP contribution in [0.1, 0.15) is 5.56 Å². The van der Waals surface area contributed by atoms with E-state index in [1.807, 2.05) is 24.3 Å². The lowest BCUT2D eigenvalue weighted by Crippen LogP contribution is -2.13. The molecule has 6 heteroatoms. The van der Waals surface area contributed by atoms with Gasteiger partial charge in [0.15, 0.2) is 0 Å². The molecule has 2 rings (SSSR count). The Hall–Kier alpha value is -1.82. The van der Waals surface area contributed by atoms with Gasteiger partial charge in [0, 0.05) is 6.54 Å². The highest BCUT2D eigenvalue weighted by atomic mass is 79.9. The van der Waals surface area contributed by atoms with Crippen molar-refractivity contribution >= 4 is 21.6 Å². The van der Waals surface area contributed by atoms with Crippen LogP contribution in [0.25, 0.3) is 0 Å². The van der Waals surface area contributed by atoms with E-state index in [0.29, 0.717) is 16.7 Å². The standard InChI is InChI=1S/C13H14BrN3O2/c1-19-10-4-2-3-9(7-10)5-6-15-11-8-16-17-13(18)12(11)14/h2-4,7-8H,5-6H2,1H3,(H2,15,17,18). The fraction of sp³-hybridized carbons (Fsp3) is 0.231. The van der Waals surface area contributed by atoms with Crippen molar-refractivity contribution in [2.24, 2.45) is 0 Å². The number of hydrogen-bond acceptors (Lipinski definition) is 4. The second-order valence-electron chi connectivity index (χ2n) is 3.96. The zero-order valence-electron chi connectivity index (χ0n) is 10.4. The van der Waals surface area contributed by atoms with Crippen LogP contribution in [-0.2, 0) is 6.42 Å². The lowest BCUT2D eigenvalue weighted by Gasteiger charge is -2.08. The van der Waals surface area contributed by atoms with Crippen LogP contribution in [0, 0.1) is 0 Å². The van der Waals surface area contributed by atoms with Crippen molar-refractivity contribution in [1.82, 2.24) is 10.2 Å². The number of methoxy groups -OCH3 is 1. The Morgan fingerprint density at radius 2 is 2.32 bits per heavy atom. The molecule has 0 radical (unpaired) electrons. The number of H-pyrrole nitrogens is 1. The molecule has 100 valence electrons. The summed E-state index contributed by atoms with van der Waals surface area (Å²) in [4.78, 5) is 11.3. The SMILES string of the molecule is COc1cccc(CCNc2cn[nH]c(=O)c2Br)c1. The smallest absolute Gasteiger partial charge is 0.280 e. The summed E-state index contributed by atoms with van der Waals surface area (Å²) in [5, 5.41) is 9.27. The zero-order valence-corrected chi connectivity index (χ0v) is 12.0. The molecule has 1 aromatic heterocycles. The number of aromatic nitrogens is 2. The van der Waals surface area contributed by atoms with Gasteiger partial charge in [-0.1, -0.05) is 12.1 Å². The van der Waals surface area contributed by atoms with Crippen molar-refractivity contribution in [3.05, 3.63) is 50.9 Å². The molecule has 0 aliphatic heterocycles. The minimum atomic E-state index is -0.244. The highest BCUT2D eigenvalue weighted by Crippen LogP contribution is 2.16. The summed E-state index contributed by atoms with van der Waals surface area (Å²) in [5.74, 6) is 0.844. The van der Waals surface area contributed by atoms with Crippen molar-refractivity contribution in [3.8, 4) is 5.75 Å². The number of ether oxygens (including phenoxy) is 1. The maximum atomic E-state index is 11.3. The van der Waals surface area contributed by atoms with Crippen molar-refractivity contribution < 1.29 is 4.74 Å². The van der Waals surface area contributed by atoms with E-state index in [0.717, 1.165) is 12.2 Å². The topological polar surface area (TPSA) is 67.0 Å². The molecule has 0 saturated heterocycles. The largest absolute Gasteiger partial charge is 0.497 e. The number of benzene rings is 1. The molecule has 0 saturated carbocycles. The predicted octanol–water partition coefficient (Wildman–Crippen LogP) is 2.20. The fourth-order valence-electron chi connectivity index (χ4n) is 1.68. The monoisotopic (exact) mass is 323 g/mol. The fourth-order valence-corrected chi connectivity index (χ4v) is 2.01. The second kappa shape index (κ2) is 6.38. The summed E-state index contributed by atoms with van der Waals surface area (Å²) < 4.78 is 5.64. The molecule has 0 fully saturated rings. The highest BCUT2D eigenvalue weighted by molar-refractivity contribution is 9.10. The van der Waals surface area contributed by atoms with E-state index in [1.165, 1.54) is 5.56 Å². The predicted molar refractivity (Wildman–Crippen MR) is 77.7 cm³/mol. The normalized spacial score (nSPS) is 10.2. The first-order chi connectivity index (χ1) is 9.20. The number of anilines is 1. The van der Waals surface area contributed by atoms with Gasteiger partial charge in [-0.3, -0.25) is 4.79 Å². The van der Waals surface area contributed by atoms with Crippen LogP contribution in [-0.4, -0.2) is 23.9 Å². The minimum absolute atomic E-state index is 0.244. The third kappa shape index (κ3) is 3.57. The van der Waals surface area contributed by atoms with Crippen LogP contribution in [0.3, 0.4) is 0 Å². The maximum Gasteiger partial charge on any atom is 0.280 e. The van der Waals surface area contributed by atoms with Crippen molar-refractivity contribution in [1.29, 1.82) is 0 Å². The van der Waals surface area contributed by atoms with E-state index in [1.54, 1.807) is 13.3 Å². The number of hydrogen-bond donors (Lipinski definition) is 2. The van der Waals surface area contributed by atoms with Crippen LogP contribution in [0.4, 0.5) is 5.69 Å². The van der Waals surface area contributed by atoms with Gasteiger partial charge in [-0.15, -0.1) is 0 Å². The molecule has 0 unspecified atom stereocenters. The molecule has 2 N–H and O–H groups in total. The summed E-state index contributed by atoms with van der Waals surface area (Å²) in [5.41, 5.74) is 1.61. The van der Waals surface area contributed by atoms with E-state index in [9.17, 15) is 4.79 Å². The number of rotatable bonds is 5. The van der Waals surface area contributed by atoms with E-state index in [2.05, 4.69) is 31.4 Å². The van der Waals surface area contributed by atoms with E-state index >= 15 is 0 Å². The van der Waals surface area contributed by atoms with Crippen LogP contribution < -0.4 is 15.6 Å². The second-order valence-corrected chi connectivity index (χ2v) is 4.75. The van der Waals surface area contributed by atoms with Gasteiger partial charge >= 0.3 is 0 Å². The molecule has 0 atom stereocenters. The minimum Gasteiger partial charge on any atom is -0.497 e. The van der Waals surface area contributed by atoms with Gasteiger partial charge in [-0.25, -0.2) is 5.10 Å². The zero-order chi connectivity index (χ0) is 13.7. The Morgan fingerprint density at radius 3 is 3.11 bits per heavy atom. The van der Waals surface area contributed by atoms with Gasteiger partial charge in [-0.2, -0.15) is 5.10 Å². The first-order valence-corrected chi connectivity index (χ1v) is 6.60. The Balaban J connectivity index is 1.96. The molecular formula is C13H14BrN3O2. The Morgan fingerprint density at radius 1 is 1.47 bits per heavy atom. The van der Waals surface area contributed by atoms with Crippen molar-refractivity contribution in [2.45, 2.75) is 6.42 Å². The van der Waals surface area contributed by atoms with Crippen molar-refractivity contribution in [3.63, 3.8) is 0 Å². The summed E-state index contributed by atoms with van der Waals surface area (Å²) >= 11 is 3.22. The molecule has 1 aromatic carbocycles. The molecular weight excluding hydrogens is 310 g/mol. The third-order valence-corrected chi connectivity index (χ3v) is 3.45. The van der Waals surface area contributed by atoms with Gasteiger partial charge in [-0.05, 0) is 40.0 Å². The highest BCUT2D eigenvalue weighted by Gasteiger charge is 2.03. The third-order valence-electron chi connectivity index (χ3n) is 2.66. The van der Waals surface area contributed by atoms with Gasteiger partial charge < -0.3 is 10.1 Å². The first-order valence-electron chi connectivity index (χ1n) is 5.80. The average molecular weight is 324 g/mol. The number of aromatic amines is 1. The molecule has 1 heterocycles. The van der Waals surface area contributed by atoms with Crippen LogP contribution in [0.2, 0.25) is 0 Å². The summed E-state index contributed by atoms with van der Waals surface area (Å²) in [7, 11) is 1.65. The quantitative estimate of drug-likeness (QED) is 0.885. The van der Waals surface area contributed by atoms with Gasteiger partial charge in [0.1, 0.15) is 10.2 Å². The Labute approximate surface area is 119 Å². The lowest BCUT2D eigenvalue weighted by molar-refractivity contribution is 0.414. The average Bonchev–Trinajstić information content (AvgIpc) is 2.44.